The molecular formula is C9H11BrO. The van der Waals surface area contributed by atoms with Crippen molar-refractivity contribution in [2.24, 2.45) is 0 Å². The highest BCUT2D eigenvalue weighted by Gasteiger charge is 2.05. The van der Waals surface area contributed by atoms with Crippen LogP contribution >= 0.6 is 15.9 Å². The summed E-state index contributed by atoms with van der Waals surface area (Å²) < 4.78 is 1.01. The molecule has 0 unspecified atom stereocenters. The average Bonchev–Trinajstić information content (AvgIpc) is 1.97. The lowest BCUT2D eigenvalue weighted by atomic mass is 10.1. The van der Waals surface area contributed by atoms with Crippen LogP contribution in [-0.4, -0.2) is 5.11 Å². The Hall–Kier alpha value is -0.500. The van der Waals surface area contributed by atoms with E-state index in [9.17, 15) is 5.11 Å². The number of benzene rings is 1. The number of rotatable bonds is 0. The largest absolute Gasteiger partial charge is 0.508 e. The molecule has 0 atom stereocenters. The number of hydrogen-bond acceptors (Lipinski definition) is 1. The standard InChI is InChI=1S/C9H11BrO/c1-5-4-8(11)7(3)9(10)6(5)2/h4,11H,1-3H3. The summed E-state index contributed by atoms with van der Waals surface area (Å²) in [4.78, 5) is 0. The Morgan fingerprint density at radius 3 is 2.27 bits per heavy atom. The van der Waals surface area contributed by atoms with E-state index in [1.807, 2.05) is 20.8 Å². The van der Waals surface area contributed by atoms with Crippen LogP contribution in [0.4, 0.5) is 0 Å². The van der Waals surface area contributed by atoms with Gasteiger partial charge in [-0.05, 0) is 38.0 Å². The Balaban J connectivity index is 3.46. The van der Waals surface area contributed by atoms with Gasteiger partial charge in [-0.3, -0.25) is 0 Å². The highest BCUT2D eigenvalue weighted by atomic mass is 79.9. The predicted octanol–water partition coefficient (Wildman–Crippen LogP) is 3.08. The van der Waals surface area contributed by atoms with Crippen molar-refractivity contribution >= 4 is 15.9 Å². The summed E-state index contributed by atoms with van der Waals surface area (Å²) in [6.07, 6.45) is 0. The molecule has 2 heteroatoms. The zero-order valence-corrected chi connectivity index (χ0v) is 8.49. The Morgan fingerprint density at radius 2 is 1.73 bits per heavy atom. The second kappa shape index (κ2) is 2.86. The van der Waals surface area contributed by atoms with Gasteiger partial charge >= 0.3 is 0 Å². The quantitative estimate of drug-likeness (QED) is 0.705. The maximum atomic E-state index is 9.38. The first-order valence-electron chi connectivity index (χ1n) is 3.49. The Kier molecular flexibility index (Phi) is 2.23. The summed E-state index contributed by atoms with van der Waals surface area (Å²) in [6, 6.07) is 1.79. The summed E-state index contributed by atoms with van der Waals surface area (Å²) in [6.45, 7) is 5.91. The number of phenolic OH excluding ortho intramolecular Hbond substituents is 1. The Morgan fingerprint density at radius 1 is 1.18 bits per heavy atom. The summed E-state index contributed by atoms with van der Waals surface area (Å²) in [7, 11) is 0. The van der Waals surface area contributed by atoms with E-state index in [-0.39, 0.29) is 0 Å². The van der Waals surface area contributed by atoms with Gasteiger partial charge in [0.15, 0.2) is 0 Å². The molecule has 0 aliphatic rings. The lowest BCUT2D eigenvalue weighted by Gasteiger charge is -2.07. The van der Waals surface area contributed by atoms with Gasteiger partial charge in [0.25, 0.3) is 0 Å². The van der Waals surface area contributed by atoms with Gasteiger partial charge in [-0.1, -0.05) is 15.9 Å². The first-order valence-corrected chi connectivity index (χ1v) is 4.28. The van der Waals surface area contributed by atoms with Crippen molar-refractivity contribution in [2.45, 2.75) is 20.8 Å². The highest BCUT2D eigenvalue weighted by Crippen LogP contribution is 2.30. The molecule has 0 amide bonds. The van der Waals surface area contributed by atoms with Crippen molar-refractivity contribution < 1.29 is 5.11 Å². The van der Waals surface area contributed by atoms with E-state index in [0.717, 1.165) is 15.6 Å². The maximum Gasteiger partial charge on any atom is 0.119 e. The molecular weight excluding hydrogens is 204 g/mol. The average molecular weight is 215 g/mol. The lowest BCUT2D eigenvalue weighted by Crippen LogP contribution is -1.86. The molecule has 0 aliphatic heterocycles. The van der Waals surface area contributed by atoms with Gasteiger partial charge in [0.05, 0.1) is 0 Å². The fraction of sp³-hybridized carbons (Fsp3) is 0.333. The molecule has 1 nitrogen and oxygen atoms in total. The second-order valence-corrected chi connectivity index (χ2v) is 3.57. The molecule has 1 aromatic rings. The Labute approximate surface area is 75.2 Å². The summed E-state index contributed by atoms with van der Waals surface area (Å²) in [5, 5.41) is 9.38. The molecule has 1 N–H and O–H groups in total. The van der Waals surface area contributed by atoms with E-state index >= 15 is 0 Å². The molecule has 1 rings (SSSR count). The normalized spacial score (nSPS) is 10.2. The molecule has 0 saturated heterocycles. The third-order valence-corrected chi connectivity index (χ3v) is 3.18. The summed E-state index contributed by atoms with van der Waals surface area (Å²) >= 11 is 3.42. The third-order valence-electron chi connectivity index (χ3n) is 1.99. The van der Waals surface area contributed by atoms with Crippen molar-refractivity contribution in [3.05, 3.63) is 27.2 Å². The van der Waals surface area contributed by atoms with Gasteiger partial charge in [0.1, 0.15) is 5.75 Å². The summed E-state index contributed by atoms with van der Waals surface area (Å²) in [5.74, 6) is 0.361. The van der Waals surface area contributed by atoms with Crippen molar-refractivity contribution in [2.75, 3.05) is 0 Å². The van der Waals surface area contributed by atoms with Crippen LogP contribution in [0.2, 0.25) is 0 Å². The highest BCUT2D eigenvalue weighted by molar-refractivity contribution is 9.10. The minimum atomic E-state index is 0.361. The van der Waals surface area contributed by atoms with Crippen LogP contribution < -0.4 is 0 Å². The fourth-order valence-electron chi connectivity index (χ4n) is 0.988. The molecule has 0 bridgehead atoms. The number of halogens is 1. The molecule has 0 aliphatic carbocycles. The predicted molar refractivity (Wildman–Crippen MR) is 50.0 cm³/mol. The first-order chi connectivity index (χ1) is 5.04. The molecule has 0 saturated carbocycles. The Bertz CT molecular complexity index is 266. The first kappa shape index (κ1) is 8.60. The molecule has 0 heterocycles. The maximum absolute atomic E-state index is 9.38. The lowest BCUT2D eigenvalue weighted by molar-refractivity contribution is 0.470. The van der Waals surface area contributed by atoms with E-state index in [0.29, 0.717) is 5.75 Å². The molecule has 0 fully saturated rings. The molecule has 0 radical (unpaired) electrons. The summed E-state index contributed by atoms with van der Waals surface area (Å²) in [5.41, 5.74) is 3.22. The van der Waals surface area contributed by atoms with E-state index in [1.165, 1.54) is 5.56 Å². The van der Waals surface area contributed by atoms with Crippen LogP contribution in [0.25, 0.3) is 0 Å². The van der Waals surface area contributed by atoms with E-state index in [2.05, 4.69) is 15.9 Å². The third kappa shape index (κ3) is 1.41. The molecule has 0 spiro atoms. The molecule has 11 heavy (non-hydrogen) atoms. The van der Waals surface area contributed by atoms with Crippen LogP contribution in [0.15, 0.2) is 10.5 Å². The number of hydrogen-bond donors (Lipinski definition) is 1. The monoisotopic (exact) mass is 214 g/mol. The van der Waals surface area contributed by atoms with Gasteiger partial charge in [0, 0.05) is 10.0 Å². The van der Waals surface area contributed by atoms with Crippen LogP contribution in [0.3, 0.4) is 0 Å². The van der Waals surface area contributed by atoms with Crippen molar-refractivity contribution in [3.8, 4) is 5.75 Å². The van der Waals surface area contributed by atoms with Crippen LogP contribution in [0, 0.1) is 20.8 Å². The van der Waals surface area contributed by atoms with Crippen LogP contribution in [0.5, 0.6) is 5.75 Å². The van der Waals surface area contributed by atoms with Gasteiger partial charge in [-0.15, -0.1) is 0 Å². The van der Waals surface area contributed by atoms with Gasteiger partial charge in [0.2, 0.25) is 0 Å². The zero-order valence-electron chi connectivity index (χ0n) is 6.90. The SMILES string of the molecule is Cc1cc(O)c(C)c(Br)c1C. The van der Waals surface area contributed by atoms with Gasteiger partial charge in [-0.2, -0.15) is 0 Å². The number of aryl methyl sites for hydroxylation is 1. The van der Waals surface area contributed by atoms with Crippen LogP contribution in [-0.2, 0) is 0 Å². The minimum Gasteiger partial charge on any atom is -0.508 e. The topological polar surface area (TPSA) is 20.2 Å². The minimum absolute atomic E-state index is 0.361. The molecule has 60 valence electrons. The number of phenols is 1. The van der Waals surface area contributed by atoms with E-state index in [4.69, 9.17) is 0 Å². The second-order valence-electron chi connectivity index (χ2n) is 2.78. The van der Waals surface area contributed by atoms with E-state index < -0.39 is 0 Å². The van der Waals surface area contributed by atoms with Crippen molar-refractivity contribution in [3.63, 3.8) is 0 Å². The smallest absolute Gasteiger partial charge is 0.119 e. The van der Waals surface area contributed by atoms with Crippen molar-refractivity contribution in [1.82, 2.24) is 0 Å². The van der Waals surface area contributed by atoms with Crippen molar-refractivity contribution in [1.29, 1.82) is 0 Å². The van der Waals surface area contributed by atoms with Crippen LogP contribution in [0.1, 0.15) is 16.7 Å². The number of aromatic hydroxyl groups is 1. The van der Waals surface area contributed by atoms with Gasteiger partial charge in [-0.25, -0.2) is 0 Å². The van der Waals surface area contributed by atoms with E-state index in [1.54, 1.807) is 6.07 Å². The fourth-order valence-corrected chi connectivity index (χ4v) is 1.50. The molecule has 0 aromatic heterocycles. The molecule has 1 aromatic carbocycles. The van der Waals surface area contributed by atoms with Gasteiger partial charge < -0.3 is 5.11 Å². The zero-order chi connectivity index (χ0) is 8.59.